The molecule has 0 radical (unpaired) electrons. The van der Waals surface area contributed by atoms with Crippen molar-refractivity contribution in [1.82, 2.24) is 5.43 Å². The molecule has 7 heteroatoms. The van der Waals surface area contributed by atoms with E-state index in [2.05, 4.69) is 5.43 Å². The molecule has 0 fully saturated rings. The molecule has 0 aliphatic heterocycles. The number of rotatable bonds is 1. The monoisotopic (exact) mass is 236 g/mol. The average molecular weight is 236 g/mol. The van der Waals surface area contributed by atoms with E-state index in [0.29, 0.717) is 0 Å². The molecule has 0 unspecified atom stereocenters. The Hall–Kier alpha value is -0.990. The average Bonchev–Trinajstić information content (AvgIpc) is 2.18. The van der Waals surface area contributed by atoms with Gasteiger partial charge in [0.25, 0.3) is 0 Å². The topological polar surface area (TPSA) is 113 Å². The minimum atomic E-state index is -4.67. The van der Waals surface area contributed by atoms with Gasteiger partial charge in [-0.3, -0.25) is 20.4 Å². The van der Waals surface area contributed by atoms with Gasteiger partial charge in [0, 0.05) is 6.54 Å². The van der Waals surface area contributed by atoms with Crippen LogP contribution >= 0.6 is 0 Å². The Balaban J connectivity index is 0. The molecule has 0 aliphatic rings. The molecular weight excluding hydrogens is 220 g/mol. The van der Waals surface area contributed by atoms with Gasteiger partial charge in [-0.05, 0) is 0 Å². The SMILES string of the molecule is CCNN.O=S(=O)(O)O.c1ccccc1. The Morgan fingerprint density at radius 1 is 1.07 bits per heavy atom. The maximum Gasteiger partial charge on any atom is 0.394 e. The third-order valence-electron chi connectivity index (χ3n) is 0.871. The van der Waals surface area contributed by atoms with Gasteiger partial charge in [-0.25, -0.2) is 0 Å². The highest BCUT2D eigenvalue weighted by Gasteiger charge is 1.84. The molecule has 0 bridgehead atoms. The number of hydrazine groups is 1. The first-order valence-electron chi connectivity index (χ1n) is 4.05. The molecule has 0 saturated heterocycles. The Morgan fingerprint density at radius 2 is 1.20 bits per heavy atom. The molecule has 88 valence electrons. The van der Waals surface area contributed by atoms with E-state index in [4.69, 9.17) is 23.4 Å². The molecule has 5 N–H and O–H groups in total. The Morgan fingerprint density at radius 3 is 1.27 bits per heavy atom. The van der Waals surface area contributed by atoms with Gasteiger partial charge in [-0.15, -0.1) is 0 Å². The summed E-state index contributed by atoms with van der Waals surface area (Å²) in [5.74, 6) is 4.78. The fourth-order valence-electron chi connectivity index (χ4n) is 0.385. The van der Waals surface area contributed by atoms with Crippen molar-refractivity contribution >= 4 is 10.4 Å². The van der Waals surface area contributed by atoms with Crippen LogP contribution in [0.5, 0.6) is 0 Å². The summed E-state index contributed by atoms with van der Waals surface area (Å²) in [5.41, 5.74) is 2.43. The van der Waals surface area contributed by atoms with Crippen LogP contribution in [0.1, 0.15) is 6.92 Å². The Kier molecular flexibility index (Phi) is 12.2. The molecule has 0 amide bonds. The molecule has 1 rings (SSSR count). The summed E-state index contributed by atoms with van der Waals surface area (Å²) < 4.78 is 31.6. The molecule has 0 spiro atoms. The molecule has 0 aliphatic carbocycles. The predicted octanol–water partition coefficient (Wildman–Crippen LogP) is 0.503. The van der Waals surface area contributed by atoms with E-state index in [9.17, 15) is 0 Å². The first kappa shape index (κ1) is 16.4. The second kappa shape index (κ2) is 11.1. The first-order chi connectivity index (χ1) is 6.91. The summed E-state index contributed by atoms with van der Waals surface area (Å²) in [6.07, 6.45) is 0. The van der Waals surface area contributed by atoms with Crippen molar-refractivity contribution in [3.05, 3.63) is 36.4 Å². The number of hydrogen-bond donors (Lipinski definition) is 4. The smallest absolute Gasteiger partial charge is 0.271 e. The second-order valence-electron chi connectivity index (χ2n) is 2.16. The summed E-state index contributed by atoms with van der Waals surface area (Å²) in [6.45, 7) is 2.79. The quantitative estimate of drug-likeness (QED) is 0.321. The zero-order chi connectivity index (χ0) is 12.2. The van der Waals surface area contributed by atoms with E-state index in [0.717, 1.165) is 6.54 Å². The number of benzene rings is 1. The van der Waals surface area contributed by atoms with E-state index in [-0.39, 0.29) is 0 Å². The van der Waals surface area contributed by atoms with E-state index >= 15 is 0 Å². The third-order valence-corrected chi connectivity index (χ3v) is 0.871. The number of hydrogen-bond acceptors (Lipinski definition) is 4. The van der Waals surface area contributed by atoms with Gasteiger partial charge >= 0.3 is 10.4 Å². The minimum Gasteiger partial charge on any atom is -0.271 e. The molecular formula is C8H16N2O4S. The fourth-order valence-corrected chi connectivity index (χ4v) is 0.385. The van der Waals surface area contributed by atoms with E-state index in [1.165, 1.54) is 0 Å². The van der Waals surface area contributed by atoms with Crippen molar-refractivity contribution in [2.24, 2.45) is 5.84 Å². The largest absolute Gasteiger partial charge is 0.394 e. The summed E-state index contributed by atoms with van der Waals surface area (Å²) in [4.78, 5) is 0. The lowest BCUT2D eigenvalue weighted by atomic mass is 10.4. The van der Waals surface area contributed by atoms with Gasteiger partial charge in [-0.1, -0.05) is 43.3 Å². The molecule has 0 aromatic heterocycles. The van der Waals surface area contributed by atoms with Gasteiger partial charge in [0.15, 0.2) is 0 Å². The van der Waals surface area contributed by atoms with Crippen molar-refractivity contribution in [3.63, 3.8) is 0 Å². The normalized spacial score (nSPS) is 9.07. The molecule has 1 aromatic carbocycles. The van der Waals surface area contributed by atoms with Crippen LogP contribution < -0.4 is 11.3 Å². The summed E-state index contributed by atoms with van der Waals surface area (Å²) in [5, 5.41) is 0. The highest BCUT2D eigenvalue weighted by Crippen LogP contribution is 1.79. The van der Waals surface area contributed by atoms with Crippen molar-refractivity contribution in [2.45, 2.75) is 6.92 Å². The molecule has 0 heterocycles. The summed E-state index contributed by atoms with van der Waals surface area (Å²) in [6, 6.07) is 12.0. The van der Waals surface area contributed by atoms with Crippen LogP contribution in [0.4, 0.5) is 0 Å². The second-order valence-corrected chi connectivity index (χ2v) is 3.06. The van der Waals surface area contributed by atoms with Crippen LogP contribution in [0.25, 0.3) is 0 Å². The van der Waals surface area contributed by atoms with Gasteiger partial charge in [0.05, 0.1) is 0 Å². The molecule has 0 atom stereocenters. The fraction of sp³-hybridized carbons (Fsp3) is 0.250. The lowest BCUT2D eigenvalue weighted by molar-refractivity contribution is 0.381. The van der Waals surface area contributed by atoms with E-state index in [1.807, 2.05) is 43.3 Å². The van der Waals surface area contributed by atoms with Crippen molar-refractivity contribution in [3.8, 4) is 0 Å². The maximum atomic E-state index is 8.74. The lowest BCUT2D eigenvalue weighted by Gasteiger charge is -1.77. The minimum absolute atomic E-state index is 0.847. The maximum absolute atomic E-state index is 8.74. The molecule has 0 saturated carbocycles. The van der Waals surface area contributed by atoms with Crippen LogP contribution in [-0.4, -0.2) is 24.1 Å². The van der Waals surface area contributed by atoms with Crippen LogP contribution in [0.2, 0.25) is 0 Å². The predicted molar refractivity (Wildman–Crippen MR) is 58.5 cm³/mol. The van der Waals surface area contributed by atoms with Crippen LogP contribution in [0, 0.1) is 0 Å². The highest BCUT2D eigenvalue weighted by molar-refractivity contribution is 7.79. The van der Waals surface area contributed by atoms with Crippen molar-refractivity contribution in [1.29, 1.82) is 0 Å². The van der Waals surface area contributed by atoms with Gasteiger partial charge in [0.1, 0.15) is 0 Å². The zero-order valence-corrected chi connectivity index (χ0v) is 9.18. The van der Waals surface area contributed by atoms with E-state index in [1.54, 1.807) is 0 Å². The molecule has 6 nitrogen and oxygen atoms in total. The third kappa shape index (κ3) is 43.7. The van der Waals surface area contributed by atoms with E-state index < -0.39 is 10.4 Å². The highest BCUT2D eigenvalue weighted by atomic mass is 32.3. The van der Waals surface area contributed by atoms with Gasteiger partial charge < -0.3 is 0 Å². The summed E-state index contributed by atoms with van der Waals surface area (Å²) >= 11 is 0. The Labute approximate surface area is 89.7 Å². The number of nitrogens with two attached hydrogens (primary N) is 1. The lowest BCUT2D eigenvalue weighted by Crippen LogP contribution is -2.20. The molecule has 15 heavy (non-hydrogen) atoms. The number of nitrogens with one attached hydrogen (secondary N) is 1. The first-order valence-corrected chi connectivity index (χ1v) is 5.44. The van der Waals surface area contributed by atoms with Crippen LogP contribution in [0.15, 0.2) is 36.4 Å². The zero-order valence-electron chi connectivity index (χ0n) is 8.37. The van der Waals surface area contributed by atoms with Crippen LogP contribution in [0.3, 0.4) is 0 Å². The van der Waals surface area contributed by atoms with Gasteiger partial charge in [0.2, 0.25) is 0 Å². The summed E-state index contributed by atoms with van der Waals surface area (Å²) in [7, 11) is -4.67. The Bertz CT molecular complexity index is 265. The molecule has 1 aromatic rings. The van der Waals surface area contributed by atoms with Crippen molar-refractivity contribution < 1.29 is 17.5 Å². The van der Waals surface area contributed by atoms with Crippen LogP contribution in [-0.2, 0) is 10.4 Å². The van der Waals surface area contributed by atoms with Crippen molar-refractivity contribution in [2.75, 3.05) is 6.54 Å². The van der Waals surface area contributed by atoms with Gasteiger partial charge in [-0.2, -0.15) is 8.42 Å². The standard InChI is InChI=1S/C6H6.C2H8N2.H2O4S/c1-2-4-6-5-3-1;1-2-4-3;1-5(2,3)4/h1-6H;4H,2-3H2,1H3;(H2,1,2,3,4).